The van der Waals surface area contributed by atoms with Crippen LogP contribution in [0.15, 0.2) is 0 Å². The molecule has 2 N–H and O–H groups in total. The van der Waals surface area contributed by atoms with E-state index in [0.29, 0.717) is 6.61 Å². The Kier molecular flexibility index (Phi) is 8.69. The molecule has 0 heterocycles. The molecule has 0 fully saturated rings. The number of carbonyl (C=O) groups is 2. The van der Waals surface area contributed by atoms with Crippen molar-refractivity contribution in [2.24, 2.45) is 16.6 Å². The lowest BCUT2D eigenvalue weighted by molar-refractivity contribution is -0.153. The molecule has 0 radical (unpaired) electrons. The Bertz CT molecular complexity index is 270. The first-order valence-corrected chi connectivity index (χ1v) is 6.52. The van der Waals surface area contributed by atoms with Gasteiger partial charge in [0.25, 0.3) is 0 Å². The van der Waals surface area contributed by atoms with Gasteiger partial charge in [0.1, 0.15) is 0 Å². The minimum absolute atomic E-state index is 0.0995. The van der Waals surface area contributed by atoms with E-state index < -0.39 is 0 Å². The Morgan fingerprint density at radius 1 is 0.944 bits per heavy atom. The number of ether oxygens (including phenoxy) is 1. The molecule has 0 spiro atoms. The van der Waals surface area contributed by atoms with Crippen LogP contribution in [0.2, 0.25) is 0 Å². The van der Waals surface area contributed by atoms with Gasteiger partial charge in [-0.05, 0) is 33.6 Å². The fourth-order valence-electron chi connectivity index (χ4n) is 0.645. The normalized spacial score (nSPS) is 11.3. The van der Waals surface area contributed by atoms with E-state index in [0.717, 1.165) is 12.8 Å². The van der Waals surface area contributed by atoms with Gasteiger partial charge in [-0.15, -0.1) is 0 Å². The number of nitrogens with two attached hydrogens (primary N) is 1. The third-order valence-electron chi connectivity index (χ3n) is 3.26. The van der Waals surface area contributed by atoms with E-state index in [1.807, 2.05) is 48.5 Å². The molecule has 0 atom stereocenters. The quantitative estimate of drug-likeness (QED) is 0.772. The van der Waals surface area contributed by atoms with Gasteiger partial charge in [-0.3, -0.25) is 9.59 Å². The highest BCUT2D eigenvalue weighted by atomic mass is 16.5. The van der Waals surface area contributed by atoms with Gasteiger partial charge in [0.05, 0.1) is 12.0 Å². The van der Waals surface area contributed by atoms with Crippen LogP contribution >= 0.6 is 0 Å². The third kappa shape index (κ3) is 7.30. The van der Waals surface area contributed by atoms with Crippen LogP contribution in [-0.2, 0) is 14.3 Å². The highest BCUT2D eigenvalue weighted by Crippen LogP contribution is 2.21. The zero-order chi connectivity index (χ0) is 15.0. The van der Waals surface area contributed by atoms with E-state index in [9.17, 15) is 9.59 Å². The van der Waals surface area contributed by atoms with Crippen molar-refractivity contribution in [3.05, 3.63) is 0 Å². The van der Waals surface area contributed by atoms with Crippen molar-refractivity contribution < 1.29 is 14.3 Å². The second-order valence-electron chi connectivity index (χ2n) is 5.56. The largest absolute Gasteiger partial charge is 0.466 e. The SMILES string of the molecule is CCC(C)(C)C(N)=O.CCOC(=O)C(C)(C)CC. The predicted octanol–water partition coefficient (Wildman–Crippen LogP) is 2.89. The van der Waals surface area contributed by atoms with E-state index in [4.69, 9.17) is 10.5 Å². The van der Waals surface area contributed by atoms with Crippen LogP contribution in [0.1, 0.15) is 61.3 Å². The van der Waals surface area contributed by atoms with Gasteiger partial charge in [0.2, 0.25) is 5.91 Å². The maximum atomic E-state index is 11.1. The average Bonchev–Trinajstić information content (AvgIpc) is 2.30. The molecule has 4 heteroatoms. The number of rotatable bonds is 5. The van der Waals surface area contributed by atoms with Crippen molar-refractivity contribution in [2.75, 3.05) is 6.61 Å². The first-order valence-electron chi connectivity index (χ1n) is 6.52. The highest BCUT2D eigenvalue weighted by Gasteiger charge is 2.26. The van der Waals surface area contributed by atoms with Crippen LogP contribution in [0.25, 0.3) is 0 Å². The standard InChI is InChI=1S/C8H16O2.C6H13NO/c1-5-8(3,4)7(9)10-6-2;1-4-6(2,3)5(7)8/h5-6H2,1-4H3;4H2,1-3H3,(H2,7,8). The molecule has 0 aliphatic rings. The van der Waals surface area contributed by atoms with E-state index in [-0.39, 0.29) is 22.7 Å². The Hall–Kier alpha value is -1.06. The van der Waals surface area contributed by atoms with Crippen molar-refractivity contribution in [3.63, 3.8) is 0 Å². The van der Waals surface area contributed by atoms with Crippen molar-refractivity contribution in [1.29, 1.82) is 0 Å². The van der Waals surface area contributed by atoms with E-state index >= 15 is 0 Å². The number of primary amides is 1. The molecule has 0 aromatic rings. The number of carbonyl (C=O) groups excluding carboxylic acids is 2. The summed E-state index contributed by atoms with van der Waals surface area (Å²) in [6.45, 7) is 13.7. The van der Waals surface area contributed by atoms with Crippen LogP contribution in [-0.4, -0.2) is 18.5 Å². The Labute approximate surface area is 111 Å². The molecule has 0 unspecified atom stereocenters. The highest BCUT2D eigenvalue weighted by molar-refractivity contribution is 5.79. The fourth-order valence-corrected chi connectivity index (χ4v) is 0.645. The van der Waals surface area contributed by atoms with Crippen LogP contribution in [0, 0.1) is 10.8 Å². The maximum absolute atomic E-state index is 11.1. The van der Waals surface area contributed by atoms with Crippen LogP contribution in [0.3, 0.4) is 0 Å². The fraction of sp³-hybridized carbons (Fsp3) is 0.857. The summed E-state index contributed by atoms with van der Waals surface area (Å²) >= 11 is 0. The molecular weight excluding hydrogens is 230 g/mol. The van der Waals surface area contributed by atoms with Crippen LogP contribution < -0.4 is 5.73 Å². The summed E-state index contributed by atoms with van der Waals surface area (Å²) in [6.07, 6.45) is 1.63. The molecule has 18 heavy (non-hydrogen) atoms. The van der Waals surface area contributed by atoms with Gasteiger partial charge in [0, 0.05) is 5.41 Å². The van der Waals surface area contributed by atoms with Crippen molar-refractivity contribution in [1.82, 2.24) is 0 Å². The summed E-state index contributed by atoms with van der Waals surface area (Å²) in [5.74, 6) is -0.322. The predicted molar refractivity (Wildman–Crippen MR) is 74.0 cm³/mol. The summed E-state index contributed by atoms with van der Waals surface area (Å²) < 4.78 is 4.86. The van der Waals surface area contributed by atoms with E-state index in [1.54, 1.807) is 0 Å². The molecule has 4 nitrogen and oxygen atoms in total. The van der Waals surface area contributed by atoms with Crippen molar-refractivity contribution in [2.45, 2.75) is 61.3 Å². The molecule has 0 rings (SSSR count). The van der Waals surface area contributed by atoms with Gasteiger partial charge in [-0.25, -0.2) is 0 Å². The van der Waals surface area contributed by atoms with Gasteiger partial charge < -0.3 is 10.5 Å². The lowest BCUT2D eigenvalue weighted by Gasteiger charge is -2.19. The summed E-state index contributed by atoms with van der Waals surface area (Å²) in [5.41, 5.74) is 4.41. The summed E-state index contributed by atoms with van der Waals surface area (Å²) in [4.78, 5) is 21.5. The van der Waals surface area contributed by atoms with Gasteiger partial charge >= 0.3 is 5.97 Å². The molecule has 0 aromatic heterocycles. The average molecular weight is 259 g/mol. The smallest absolute Gasteiger partial charge is 0.311 e. The molecule has 0 bridgehead atoms. The van der Waals surface area contributed by atoms with Gasteiger partial charge in [0.15, 0.2) is 0 Å². The minimum Gasteiger partial charge on any atom is -0.466 e. The molecule has 0 saturated carbocycles. The minimum atomic E-state index is -0.319. The number of hydrogen-bond donors (Lipinski definition) is 1. The molecule has 108 valence electrons. The Balaban J connectivity index is 0. The second-order valence-corrected chi connectivity index (χ2v) is 5.56. The zero-order valence-electron chi connectivity index (χ0n) is 12.9. The summed E-state index contributed by atoms with van der Waals surface area (Å²) in [7, 11) is 0. The molecule has 0 aliphatic carbocycles. The van der Waals surface area contributed by atoms with Crippen LogP contribution in [0.4, 0.5) is 0 Å². The zero-order valence-corrected chi connectivity index (χ0v) is 12.9. The Morgan fingerprint density at radius 3 is 1.50 bits per heavy atom. The summed E-state index contributed by atoms with van der Waals surface area (Å²) in [6, 6.07) is 0. The van der Waals surface area contributed by atoms with Crippen molar-refractivity contribution in [3.8, 4) is 0 Å². The monoisotopic (exact) mass is 259 g/mol. The third-order valence-corrected chi connectivity index (χ3v) is 3.26. The number of esters is 1. The molecule has 0 saturated heterocycles. The molecule has 0 aliphatic heterocycles. The molecule has 0 aromatic carbocycles. The lowest BCUT2D eigenvalue weighted by atomic mass is 9.90. The van der Waals surface area contributed by atoms with Gasteiger partial charge in [-0.2, -0.15) is 0 Å². The van der Waals surface area contributed by atoms with E-state index in [1.165, 1.54) is 0 Å². The maximum Gasteiger partial charge on any atom is 0.311 e. The summed E-state index contributed by atoms with van der Waals surface area (Å²) in [5, 5.41) is 0. The first kappa shape index (κ1) is 19.3. The Morgan fingerprint density at radius 2 is 1.33 bits per heavy atom. The lowest BCUT2D eigenvalue weighted by Crippen LogP contribution is -2.30. The molecule has 1 amide bonds. The number of amides is 1. The van der Waals surface area contributed by atoms with Gasteiger partial charge in [-0.1, -0.05) is 27.7 Å². The van der Waals surface area contributed by atoms with Crippen LogP contribution in [0.5, 0.6) is 0 Å². The molecular formula is C14H29NO3. The second kappa shape index (κ2) is 8.11. The first-order chi connectivity index (χ1) is 8.05. The number of hydrogen-bond acceptors (Lipinski definition) is 3. The van der Waals surface area contributed by atoms with E-state index in [2.05, 4.69) is 0 Å². The van der Waals surface area contributed by atoms with Crippen molar-refractivity contribution >= 4 is 11.9 Å². The topological polar surface area (TPSA) is 69.4 Å².